The SMILES string of the molecule is CCN(CC)[C@@H](C)CCC(=O)c1cc(NCCOC)nc(-c2cnn3ccc(-c4cccs4)nc23)c1. The Morgan fingerprint density at radius 2 is 2.03 bits per heavy atom. The molecule has 4 rings (SSSR count). The number of rotatable bonds is 13. The number of pyridine rings is 1. The lowest BCUT2D eigenvalue weighted by atomic mass is 10.0. The number of nitrogens with one attached hydrogen (secondary N) is 1. The Hall–Kier alpha value is -3.14. The molecule has 0 spiro atoms. The van der Waals surface area contributed by atoms with Gasteiger partial charge in [0.2, 0.25) is 0 Å². The van der Waals surface area contributed by atoms with E-state index in [-0.39, 0.29) is 5.78 Å². The molecule has 1 N–H and O–H groups in total. The molecule has 4 aromatic rings. The van der Waals surface area contributed by atoms with E-state index in [1.54, 1.807) is 29.2 Å². The second kappa shape index (κ2) is 12.2. The summed E-state index contributed by atoms with van der Waals surface area (Å²) in [6, 6.07) is 10.1. The molecule has 8 nitrogen and oxygen atoms in total. The fraction of sp³-hybridized carbons (Fsp3) is 0.407. The molecule has 0 bridgehead atoms. The van der Waals surface area contributed by atoms with E-state index < -0.39 is 0 Å². The zero-order valence-electron chi connectivity index (χ0n) is 21.4. The van der Waals surface area contributed by atoms with Crippen molar-refractivity contribution in [3.63, 3.8) is 0 Å². The van der Waals surface area contributed by atoms with E-state index in [2.05, 4.69) is 36.1 Å². The fourth-order valence-corrected chi connectivity index (χ4v) is 5.02. The molecule has 0 aliphatic rings. The van der Waals surface area contributed by atoms with Gasteiger partial charge in [-0.3, -0.25) is 4.79 Å². The summed E-state index contributed by atoms with van der Waals surface area (Å²) in [5.41, 5.74) is 3.68. The molecule has 0 saturated heterocycles. The van der Waals surface area contributed by atoms with Gasteiger partial charge in [0, 0.05) is 37.9 Å². The van der Waals surface area contributed by atoms with E-state index in [9.17, 15) is 4.79 Å². The van der Waals surface area contributed by atoms with Crippen LogP contribution in [-0.4, -0.2) is 69.7 Å². The van der Waals surface area contributed by atoms with E-state index in [0.717, 1.165) is 35.6 Å². The number of hydrogen-bond acceptors (Lipinski definition) is 8. The Morgan fingerprint density at radius 3 is 2.75 bits per heavy atom. The minimum absolute atomic E-state index is 0.108. The van der Waals surface area contributed by atoms with Gasteiger partial charge in [0.05, 0.1) is 34.6 Å². The van der Waals surface area contributed by atoms with Gasteiger partial charge in [0.25, 0.3) is 0 Å². The monoisotopic (exact) mass is 506 g/mol. The van der Waals surface area contributed by atoms with Gasteiger partial charge in [-0.2, -0.15) is 5.10 Å². The number of ether oxygens (including phenoxy) is 1. The van der Waals surface area contributed by atoms with Crippen molar-refractivity contribution in [2.75, 3.05) is 38.7 Å². The summed E-state index contributed by atoms with van der Waals surface area (Å²) in [5.74, 6) is 0.745. The molecule has 1 atom stereocenters. The zero-order chi connectivity index (χ0) is 25.5. The van der Waals surface area contributed by atoms with Crippen LogP contribution in [0.15, 0.2) is 48.1 Å². The van der Waals surface area contributed by atoms with Gasteiger partial charge >= 0.3 is 0 Å². The van der Waals surface area contributed by atoms with Crippen molar-refractivity contribution in [3.05, 3.63) is 53.7 Å². The minimum atomic E-state index is 0.108. The molecular weight excluding hydrogens is 472 g/mol. The molecule has 9 heteroatoms. The fourth-order valence-electron chi connectivity index (χ4n) is 4.33. The first-order valence-corrected chi connectivity index (χ1v) is 13.3. The third kappa shape index (κ3) is 5.98. The molecule has 0 fully saturated rings. The highest BCUT2D eigenvalue weighted by atomic mass is 32.1. The van der Waals surface area contributed by atoms with E-state index in [0.29, 0.717) is 48.3 Å². The molecule has 4 heterocycles. The lowest BCUT2D eigenvalue weighted by Crippen LogP contribution is -2.33. The van der Waals surface area contributed by atoms with E-state index in [4.69, 9.17) is 14.7 Å². The summed E-state index contributed by atoms with van der Waals surface area (Å²) < 4.78 is 6.92. The van der Waals surface area contributed by atoms with Crippen molar-refractivity contribution in [1.29, 1.82) is 0 Å². The number of carbonyl (C=O) groups is 1. The predicted molar refractivity (Wildman–Crippen MR) is 146 cm³/mol. The maximum absolute atomic E-state index is 13.3. The van der Waals surface area contributed by atoms with Crippen LogP contribution >= 0.6 is 11.3 Å². The van der Waals surface area contributed by atoms with Crippen LogP contribution in [0, 0.1) is 0 Å². The number of hydrogen-bond donors (Lipinski definition) is 1. The Kier molecular flexibility index (Phi) is 8.79. The van der Waals surface area contributed by atoms with Gasteiger partial charge in [-0.15, -0.1) is 11.3 Å². The number of thiophene rings is 1. The third-order valence-corrected chi connectivity index (χ3v) is 7.30. The van der Waals surface area contributed by atoms with Crippen molar-refractivity contribution < 1.29 is 9.53 Å². The molecule has 4 aromatic heterocycles. The number of Topliss-reactive ketones (excluding diaryl/α,β-unsaturated/α-hetero) is 1. The number of fused-ring (bicyclic) bond motifs is 1. The number of anilines is 1. The summed E-state index contributed by atoms with van der Waals surface area (Å²) in [7, 11) is 1.66. The molecule has 0 amide bonds. The molecule has 0 saturated carbocycles. The lowest BCUT2D eigenvalue weighted by molar-refractivity contribution is 0.0964. The third-order valence-electron chi connectivity index (χ3n) is 6.40. The van der Waals surface area contributed by atoms with Crippen molar-refractivity contribution in [1.82, 2.24) is 24.5 Å². The summed E-state index contributed by atoms with van der Waals surface area (Å²) in [6.45, 7) is 9.59. The van der Waals surface area contributed by atoms with Crippen LogP contribution in [0.5, 0.6) is 0 Å². The summed E-state index contributed by atoms with van der Waals surface area (Å²) in [5, 5.41) is 9.80. The highest BCUT2D eigenvalue weighted by Crippen LogP contribution is 2.28. The molecule has 0 radical (unpaired) electrons. The quantitative estimate of drug-likeness (QED) is 0.195. The number of nitrogens with zero attached hydrogens (tertiary/aromatic N) is 5. The van der Waals surface area contributed by atoms with Crippen LogP contribution in [0.1, 0.15) is 44.0 Å². The summed E-state index contributed by atoms with van der Waals surface area (Å²) in [6.07, 6.45) is 4.96. The first-order valence-electron chi connectivity index (χ1n) is 12.4. The maximum Gasteiger partial charge on any atom is 0.165 e. The van der Waals surface area contributed by atoms with Crippen LogP contribution in [0.3, 0.4) is 0 Å². The second-order valence-electron chi connectivity index (χ2n) is 8.69. The number of methoxy groups -OCH3 is 1. The smallest absolute Gasteiger partial charge is 0.165 e. The first kappa shape index (κ1) is 25.9. The highest BCUT2D eigenvalue weighted by Gasteiger charge is 2.18. The summed E-state index contributed by atoms with van der Waals surface area (Å²) >= 11 is 1.64. The number of carbonyl (C=O) groups excluding carboxylic acids is 1. The molecule has 36 heavy (non-hydrogen) atoms. The van der Waals surface area contributed by atoms with E-state index >= 15 is 0 Å². The number of aromatic nitrogens is 4. The van der Waals surface area contributed by atoms with Gasteiger partial charge in [-0.25, -0.2) is 14.5 Å². The largest absolute Gasteiger partial charge is 0.383 e. The standard InChI is InChI=1S/C27H34N6O2S/c1-5-32(6-2)19(3)9-10-24(34)20-16-23(30-26(17-20)28-12-14-35-4)21-18-29-33-13-11-22(31-27(21)33)25-8-7-15-36-25/h7-8,11,13,15-19H,5-6,9-10,12,14H2,1-4H3,(H,28,30)/t19-/m0/s1. The average Bonchev–Trinajstić information content (AvgIpc) is 3.58. The predicted octanol–water partition coefficient (Wildman–Crippen LogP) is 5.27. The lowest BCUT2D eigenvalue weighted by Gasteiger charge is -2.26. The van der Waals surface area contributed by atoms with Crippen LogP contribution in [-0.2, 0) is 4.74 Å². The van der Waals surface area contributed by atoms with Gasteiger partial charge in [-0.1, -0.05) is 19.9 Å². The molecule has 0 aromatic carbocycles. The number of ketones is 1. The van der Waals surface area contributed by atoms with E-state index in [1.165, 1.54) is 0 Å². The molecule has 0 unspecified atom stereocenters. The Morgan fingerprint density at radius 1 is 1.19 bits per heavy atom. The van der Waals surface area contributed by atoms with E-state index in [1.807, 2.05) is 41.9 Å². The van der Waals surface area contributed by atoms with Crippen molar-refractivity contribution in [3.8, 4) is 21.8 Å². The first-order chi connectivity index (χ1) is 17.5. The molecule has 190 valence electrons. The van der Waals surface area contributed by atoms with Crippen molar-refractivity contribution in [2.24, 2.45) is 0 Å². The topological polar surface area (TPSA) is 84.7 Å². The van der Waals surface area contributed by atoms with Gasteiger partial charge in [-0.05, 0) is 56.1 Å². The molecular formula is C27H34N6O2S. The Bertz CT molecular complexity index is 1280. The normalized spacial score (nSPS) is 12.4. The minimum Gasteiger partial charge on any atom is -0.383 e. The summed E-state index contributed by atoms with van der Waals surface area (Å²) in [4.78, 5) is 26.4. The zero-order valence-corrected chi connectivity index (χ0v) is 22.2. The molecule has 0 aliphatic carbocycles. The van der Waals surface area contributed by atoms with Gasteiger partial charge < -0.3 is 15.0 Å². The van der Waals surface area contributed by atoms with Crippen LogP contribution in [0.2, 0.25) is 0 Å². The van der Waals surface area contributed by atoms with Crippen LogP contribution in [0.25, 0.3) is 27.5 Å². The molecule has 0 aliphatic heterocycles. The Balaban J connectivity index is 1.66. The van der Waals surface area contributed by atoms with Gasteiger partial charge in [0.1, 0.15) is 5.82 Å². The van der Waals surface area contributed by atoms with Crippen LogP contribution in [0.4, 0.5) is 5.82 Å². The Labute approximate surface area is 216 Å². The van der Waals surface area contributed by atoms with Crippen LogP contribution < -0.4 is 5.32 Å². The van der Waals surface area contributed by atoms with Crippen molar-refractivity contribution in [2.45, 2.75) is 39.7 Å². The highest BCUT2D eigenvalue weighted by molar-refractivity contribution is 7.13. The average molecular weight is 507 g/mol. The van der Waals surface area contributed by atoms with Crippen molar-refractivity contribution >= 4 is 28.6 Å². The maximum atomic E-state index is 13.3. The second-order valence-corrected chi connectivity index (χ2v) is 9.64. The van der Waals surface area contributed by atoms with Gasteiger partial charge in [0.15, 0.2) is 11.4 Å².